The molecule has 0 aliphatic heterocycles. The Morgan fingerprint density at radius 1 is 0.450 bits per heavy atom. The molecule has 0 amide bonds. The van der Waals surface area contributed by atoms with Gasteiger partial charge < -0.3 is 20.8 Å². The highest BCUT2D eigenvalue weighted by atomic mass is 16.7. The molecule has 0 heterocycles. The van der Waals surface area contributed by atoms with Crippen molar-refractivity contribution in [1.82, 2.24) is 0 Å². The van der Waals surface area contributed by atoms with Gasteiger partial charge in [-0.2, -0.15) is 0 Å². The van der Waals surface area contributed by atoms with Crippen LogP contribution < -0.4 is 0 Å². The molecule has 22 nitrogen and oxygen atoms in total. The fraction of sp³-hybridized carbons (Fsp3) is 0. The number of nitro benzene ring substituents is 6. The largest absolute Gasteiger partial charge is 0.502 e. The number of benzene rings is 3. The van der Waals surface area contributed by atoms with Crippen molar-refractivity contribution >= 4 is 34.1 Å². The smallest absolute Gasteiger partial charge is 0.387 e. The molecule has 0 aromatic heterocycles. The molecule has 0 saturated heterocycles. The average Bonchev–Trinajstić information content (AvgIpc) is 2.83. The van der Waals surface area contributed by atoms with Gasteiger partial charge in [-0.05, 0) is 18.2 Å². The minimum atomic E-state index is -0.993. The zero-order valence-electron chi connectivity index (χ0n) is 19.1. The summed E-state index contributed by atoms with van der Waals surface area (Å²) in [4.78, 5) is 56.0. The van der Waals surface area contributed by atoms with Gasteiger partial charge in [0.05, 0.1) is 35.6 Å². The van der Waals surface area contributed by atoms with Crippen molar-refractivity contribution < 1.29 is 50.3 Å². The summed E-state index contributed by atoms with van der Waals surface area (Å²) in [6.45, 7) is 0. The maximum atomic E-state index is 10.3. The maximum absolute atomic E-state index is 10.3. The zero-order valence-corrected chi connectivity index (χ0v) is 19.1. The quantitative estimate of drug-likeness (QED) is 0.283. The van der Waals surface area contributed by atoms with Gasteiger partial charge in [-0.25, -0.2) is 0 Å². The van der Waals surface area contributed by atoms with E-state index >= 15 is 0 Å². The van der Waals surface area contributed by atoms with E-state index in [2.05, 4.69) is 0 Å². The molecule has 0 saturated carbocycles. The van der Waals surface area contributed by atoms with Crippen molar-refractivity contribution in [1.29, 1.82) is 0 Å². The SMILES string of the molecule is O.O=[N+]([O-])c1ccc(O)c([N+](=O)[O-])c1.O=[N+]([O-])c1cccc(O)c1[N+](=O)[O-].O=[N+]([O-])c1cccc(O)c1[N+](=O)[O-]. The molecular formula is C18H14N6O16. The Hall–Kier alpha value is -6.58. The maximum Gasteiger partial charge on any atom is 0.387 e. The molecule has 0 aliphatic carbocycles. The molecule has 3 rings (SSSR count). The van der Waals surface area contributed by atoms with E-state index in [0.29, 0.717) is 6.07 Å². The number of phenols is 3. The molecule has 0 spiro atoms. The molecular weight excluding hydrogens is 556 g/mol. The van der Waals surface area contributed by atoms with Crippen molar-refractivity contribution in [3.63, 3.8) is 0 Å². The van der Waals surface area contributed by atoms with Gasteiger partial charge >= 0.3 is 28.4 Å². The van der Waals surface area contributed by atoms with E-state index in [0.717, 1.165) is 36.4 Å². The normalized spacial score (nSPS) is 9.30. The lowest BCUT2D eigenvalue weighted by Crippen LogP contribution is -1.96. The molecule has 0 atom stereocenters. The minimum Gasteiger partial charge on any atom is -0.502 e. The van der Waals surface area contributed by atoms with Gasteiger partial charge in [-0.1, -0.05) is 12.1 Å². The monoisotopic (exact) mass is 570 g/mol. The van der Waals surface area contributed by atoms with Crippen LogP contribution in [0.4, 0.5) is 34.1 Å². The fourth-order valence-corrected chi connectivity index (χ4v) is 2.48. The molecule has 22 heteroatoms. The van der Waals surface area contributed by atoms with Gasteiger partial charge in [0.25, 0.3) is 5.69 Å². The number of nitro groups is 6. The lowest BCUT2D eigenvalue weighted by molar-refractivity contribution is -0.423. The van der Waals surface area contributed by atoms with Gasteiger partial charge in [-0.3, -0.25) is 60.7 Å². The summed E-state index contributed by atoms with van der Waals surface area (Å²) in [5.74, 6) is -2.01. The first-order valence-electron chi connectivity index (χ1n) is 9.43. The molecule has 0 fully saturated rings. The van der Waals surface area contributed by atoms with Crippen molar-refractivity contribution in [3.8, 4) is 17.2 Å². The molecule has 3 aromatic rings. The predicted molar refractivity (Wildman–Crippen MR) is 128 cm³/mol. The molecule has 212 valence electrons. The summed E-state index contributed by atoms with van der Waals surface area (Å²) >= 11 is 0. The number of para-hydroxylation sites is 2. The molecule has 0 bridgehead atoms. The van der Waals surface area contributed by atoms with E-state index in [9.17, 15) is 60.7 Å². The Kier molecular flexibility index (Phi) is 11.9. The average molecular weight is 570 g/mol. The first-order chi connectivity index (χ1) is 18.1. The Balaban J connectivity index is 0.000000563. The van der Waals surface area contributed by atoms with E-state index in [-0.39, 0.29) is 5.48 Å². The topological polar surface area (TPSA) is 351 Å². The first kappa shape index (κ1) is 33.4. The number of nitrogens with zero attached hydrogens (tertiary/aromatic N) is 6. The molecule has 0 aliphatic rings. The van der Waals surface area contributed by atoms with Crippen LogP contribution in [-0.2, 0) is 0 Å². The summed E-state index contributed by atoms with van der Waals surface area (Å²) in [7, 11) is 0. The van der Waals surface area contributed by atoms with Crippen LogP contribution >= 0.6 is 0 Å². The van der Waals surface area contributed by atoms with Crippen LogP contribution in [0.2, 0.25) is 0 Å². The Morgan fingerprint density at radius 3 is 1.10 bits per heavy atom. The zero-order chi connectivity index (χ0) is 30.0. The van der Waals surface area contributed by atoms with Crippen molar-refractivity contribution in [2.45, 2.75) is 0 Å². The van der Waals surface area contributed by atoms with E-state index in [1.54, 1.807) is 0 Å². The van der Waals surface area contributed by atoms with Gasteiger partial charge in [0.1, 0.15) is 0 Å². The minimum absolute atomic E-state index is 0. The molecule has 40 heavy (non-hydrogen) atoms. The summed E-state index contributed by atoms with van der Waals surface area (Å²) in [5, 5.41) is 88.4. The third kappa shape index (κ3) is 8.52. The van der Waals surface area contributed by atoms with Gasteiger partial charge in [0.2, 0.25) is 11.5 Å². The van der Waals surface area contributed by atoms with Crippen LogP contribution in [0.25, 0.3) is 0 Å². The van der Waals surface area contributed by atoms with Gasteiger partial charge in [0, 0.05) is 18.2 Å². The van der Waals surface area contributed by atoms with Crippen molar-refractivity contribution in [2.24, 2.45) is 0 Å². The molecule has 3 aromatic carbocycles. The highest BCUT2D eigenvalue weighted by Crippen LogP contribution is 2.35. The Bertz CT molecular complexity index is 1400. The third-order valence-corrected chi connectivity index (χ3v) is 4.11. The second kappa shape index (κ2) is 14.2. The summed E-state index contributed by atoms with van der Waals surface area (Å²) < 4.78 is 0. The van der Waals surface area contributed by atoms with Gasteiger partial charge in [-0.15, -0.1) is 0 Å². The number of phenolic OH excluding ortho intramolecular Hbond substituents is 3. The highest BCUT2D eigenvalue weighted by molar-refractivity contribution is 5.61. The van der Waals surface area contributed by atoms with Gasteiger partial charge in [0.15, 0.2) is 5.75 Å². The molecule has 0 radical (unpaired) electrons. The second-order valence-corrected chi connectivity index (χ2v) is 6.51. The van der Waals surface area contributed by atoms with Crippen LogP contribution in [-0.4, -0.2) is 50.3 Å². The Morgan fingerprint density at radius 2 is 0.825 bits per heavy atom. The standard InChI is InChI=1S/3C6H4N2O5.H2O/c9-6-2-1-4(7(10)11)3-5(6)8(12)13;2*9-5-3-1-2-4(7(10)11)6(5)8(12)13;/h3*1-3,9H;1H2. The fourth-order valence-electron chi connectivity index (χ4n) is 2.48. The Labute approximate surface area is 217 Å². The number of aromatic hydroxyl groups is 3. The summed E-state index contributed by atoms with van der Waals surface area (Å²) in [5.41, 5.74) is -4.30. The van der Waals surface area contributed by atoms with Crippen LogP contribution in [0.5, 0.6) is 17.2 Å². The predicted octanol–water partition coefficient (Wildman–Crippen LogP) is 2.80. The number of hydrogen-bond acceptors (Lipinski definition) is 15. The van der Waals surface area contributed by atoms with Crippen LogP contribution in [0.15, 0.2) is 54.6 Å². The number of rotatable bonds is 6. The summed E-state index contributed by atoms with van der Waals surface area (Å²) in [6, 6.07) is 8.89. The number of hydrogen-bond donors (Lipinski definition) is 3. The van der Waals surface area contributed by atoms with Crippen molar-refractivity contribution in [2.75, 3.05) is 0 Å². The lowest BCUT2D eigenvalue weighted by Gasteiger charge is -1.95. The van der Waals surface area contributed by atoms with Crippen LogP contribution in [0, 0.1) is 60.7 Å². The van der Waals surface area contributed by atoms with E-state index in [1.807, 2.05) is 0 Å². The molecule has 5 N–H and O–H groups in total. The second-order valence-electron chi connectivity index (χ2n) is 6.51. The third-order valence-electron chi connectivity index (χ3n) is 4.11. The van der Waals surface area contributed by atoms with E-state index in [4.69, 9.17) is 15.3 Å². The van der Waals surface area contributed by atoms with E-state index < -0.39 is 80.9 Å². The molecule has 0 unspecified atom stereocenters. The summed E-state index contributed by atoms with van der Waals surface area (Å²) in [6.07, 6.45) is 0. The van der Waals surface area contributed by atoms with Crippen LogP contribution in [0.3, 0.4) is 0 Å². The highest BCUT2D eigenvalue weighted by Gasteiger charge is 2.28. The first-order valence-corrected chi connectivity index (χ1v) is 9.43. The van der Waals surface area contributed by atoms with Crippen LogP contribution in [0.1, 0.15) is 0 Å². The lowest BCUT2D eigenvalue weighted by atomic mass is 10.2. The van der Waals surface area contributed by atoms with Crippen molar-refractivity contribution in [3.05, 3.63) is 115 Å². The number of non-ortho nitro benzene ring substituents is 1. The van der Waals surface area contributed by atoms with E-state index in [1.165, 1.54) is 12.1 Å².